The van der Waals surface area contributed by atoms with Gasteiger partial charge in [0.05, 0.1) is 48.1 Å². The zero-order chi connectivity index (χ0) is 28.9. The number of anilines is 2. The second kappa shape index (κ2) is 10.4. The third-order valence-electron chi connectivity index (χ3n) is 8.06. The fourth-order valence-electron chi connectivity index (χ4n) is 5.94. The first kappa shape index (κ1) is 27.2. The van der Waals surface area contributed by atoms with Crippen molar-refractivity contribution in [2.24, 2.45) is 11.7 Å². The average molecular weight is 566 g/mol. The van der Waals surface area contributed by atoms with Crippen molar-refractivity contribution in [1.29, 1.82) is 0 Å². The van der Waals surface area contributed by atoms with Crippen molar-refractivity contribution in [3.8, 4) is 11.3 Å². The number of carbonyl (C=O) groups is 1. The summed E-state index contributed by atoms with van der Waals surface area (Å²) in [6.07, 6.45) is 6.46. The molecular weight excluding hydrogens is 535 g/mol. The number of aromatic nitrogens is 4. The molecule has 1 saturated carbocycles. The highest BCUT2D eigenvalue weighted by molar-refractivity contribution is 5.73. The number of nitrogens with two attached hydrogens (primary N) is 1. The van der Waals surface area contributed by atoms with Crippen molar-refractivity contribution in [1.82, 2.24) is 24.9 Å². The van der Waals surface area contributed by atoms with Crippen molar-refractivity contribution in [2.45, 2.75) is 50.4 Å². The van der Waals surface area contributed by atoms with E-state index in [2.05, 4.69) is 32.6 Å². The second-order valence-electron chi connectivity index (χ2n) is 11.0. The number of hydrogen-bond donors (Lipinski definition) is 3. The second-order valence-corrected chi connectivity index (χ2v) is 11.0. The molecule has 6 rings (SSSR count). The molecule has 1 aliphatic carbocycles. The zero-order valence-electron chi connectivity index (χ0n) is 22.6. The standard InChI is InChI=1S/C29H30F3N7O2/c1-15-7-17(8-23(33)27(15)36-16(2)40)20-5-6-34-12-25(20)37-28-35-11-19-3-4-24(38-39(19)28)26-21(30)9-18(10-22(26)31)29(32)13-41-14-29/h3-6,9-12,15,17,23,27H,7-8,13-14,33H2,1-2H3,(H,35,37)(H,36,40)/t15-,17+,23+,27-/m0/s1. The number of pyridine rings is 1. The lowest BCUT2D eigenvalue weighted by atomic mass is 9.73. The van der Waals surface area contributed by atoms with Crippen LogP contribution in [0.3, 0.4) is 0 Å². The molecule has 1 aromatic carbocycles. The molecule has 2 aliphatic rings. The quantitative estimate of drug-likeness (QED) is 0.318. The Morgan fingerprint density at radius 2 is 1.90 bits per heavy atom. The Balaban J connectivity index is 1.30. The number of hydrogen-bond acceptors (Lipinski definition) is 7. The predicted octanol–water partition coefficient (Wildman–Crippen LogP) is 4.35. The first-order valence-electron chi connectivity index (χ1n) is 13.5. The van der Waals surface area contributed by atoms with E-state index < -0.39 is 17.3 Å². The molecule has 9 nitrogen and oxygen atoms in total. The normalized spacial score (nSPS) is 23.7. The Kier molecular flexibility index (Phi) is 6.90. The number of carbonyl (C=O) groups excluding carboxylic acids is 1. The first-order chi connectivity index (χ1) is 19.6. The van der Waals surface area contributed by atoms with Gasteiger partial charge in [-0.3, -0.25) is 9.78 Å². The molecule has 3 aromatic heterocycles. The largest absolute Gasteiger partial charge is 0.374 e. The number of alkyl halides is 1. The molecular formula is C29H30F3N7O2. The Bertz CT molecular complexity index is 1590. The average Bonchev–Trinajstić information content (AvgIpc) is 3.31. The summed E-state index contributed by atoms with van der Waals surface area (Å²) in [5, 5.41) is 10.7. The van der Waals surface area contributed by atoms with Crippen LogP contribution in [0.4, 0.5) is 24.8 Å². The van der Waals surface area contributed by atoms with E-state index in [9.17, 15) is 9.18 Å². The number of nitrogens with zero attached hydrogens (tertiary/aromatic N) is 4. The number of fused-ring (bicyclic) bond motifs is 1. The van der Waals surface area contributed by atoms with E-state index in [4.69, 9.17) is 10.5 Å². The fraction of sp³-hybridized carbons (Fsp3) is 0.379. The van der Waals surface area contributed by atoms with Gasteiger partial charge in [0.15, 0.2) is 5.67 Å². The van der Waals surface area contributed by atoms with Crippen LogP contribution in [0, 0.1) is 17.6 Å². The molecule has 2 fully saturated rings. The summed E-state index contributed by atoms with van der Waals surface area (Å²) in [5.74, 6) is -1.35. The molecule has 1 amide bonds. The third-order valence-corrected chi connectivity index (χ3v) is 8.06. The first-order valence-corrected chi connectivity index (χ1v) is 13.5. The molecule has 1 aliphatic heterocycles. The van der Waals surface area contributed by atoms with Crippen LogP contribution in [0.2, 0.25) is 0 Å². The molecule has 0 bridgehead atoms. The van der Waals surface area contributed by atoms with Crippen LogP contribution in [-0.2, 0) is 15.2 Å². The molecule has 214 valence electrons. The number of ether oxygens (including phenoxy) is 1. The minimum absolute atomic E-state index is 0.0281. The van der Waals surface area contributed by atoms with Gasteiger partial charge in [-0.05, 0) is 66.1 Å². The summed E-state index contributed by atoms with van der Waals surface area (Å²) in [7, 11) is 0. The van der Waals surface area contributed by atoms with E-state index in [0.29, 0.717) is 23.6 Å². The lowest BCUT2D eigenvalue weighted by Crippen LogP contribution is -2.54. The smallest absolute Gasteiger partial charge is 0.229 e. The summed E-state index contributed by atoms with van der Waals surface area (Å²) in [6, 6.07) is 6.74. The molecule has 4 heterocycles. The SMILES string of the molecule is CC(=O)N[C@@H]1[C@H](N)C[C@H](c2ccncc2Nc2ncc3ccc(-c4c(F)cc(C5(F)COC5)cc4F)nn23)C[C@@H]1C. The van der Waals surface area contributed by atoms with Crippen LogP contribution in [0.25, 0.3) is 16.8 Å². The van der Waals surface area contributed by atoms with Gasteiger partial charge in [0.1, 0.15) is 11.6 Å². The molecule has 4 atom stereocenters. The van der Waals surface area contributed by atoms with Gasteiger partial charge in [0, 0.05) is 25.2 Å². The molecule has 0 unspecified atom stereocenters. The molecule has 4 N–H and O–H groups in total. The van der Waals surface area contributed by atoms with Crippen LogP contribution in [-0.4, -0.2) is 50.8 Å². The highest BCUT2D eigenvalue weighted by Crippen LogP contribution is 2.40. The molecule has 0 spiro atoms. The highest BCUT2D eigenvalue weighted by Gasteiger charge is 2.42. The van der Waals surface area contributed by atoms with Gasteiger partial charge in [-0.15, -0.1) is 0 Å². The van der Waals surface area contributed by atoms with Crippen LogP contribution in [0.1, 0.15) is 43.7 Å². The monoisotopic (exact) mass is 565 g/mol. The van der Waals surface area contributed by atoms with E-state index in [0.717, 1.165) is 24.1 Å². The number of rotatable bonds is 6. The fourth-order valence-corrected chi connectivity index (χ4v) is 5.94. The Hall–Kier alpha value is -4.03. The van der Waals surface area contributed by atoms with Crippen molar-refractivity contribution in [3.05, 3.63) is 71.7 Å². The maximum Gasteiger partial charge on any atom is 0.229 e. The van der Waals surface area contributed by atoms with Crippen LogP contribution >= 0.6 is 0 Å². The van der Waals surface area contributed by atoms with Gasteiger partial charge in [-0.1, -0.05) is 6.92 Å². The van der Waals surface area contributed by atoms with E-state index >= 15 is 8.78 Å². The lowest BCUT2D eigenvalue weighted by molar-refractivity contribution is -0.135. The number of imidazole rings is 1. The van der Waals surface area contributed by atoms with Gasteiger partial charge in [0.25, 0.3) is 0 Å². The van der Waals surface area contributed by atoms with Crippen molar-refractivity contribution < 1.29 is 22.7 Å². The summed E-state index contributed by atoms with van der Waals surface area (Å²) in [4.78, 5) is 20.4. The molecule has 12 heteroatoms. The summed E-state index contributed by atoms with van der Waals surface area (Å²) < 4.78 is 51.3. The third kappa shape index (κ3) is 5.02. The van der Waals surface area contributed by atoms with E-state index in [-0.39, 0.29) is 59.9 Å². The van der Waals surface area contributed by atoms with Crippen LogP contribution < -0.4 is 16.4 Å². The van der Waals surface area contributed by atoms with Crippen LogP contribution in [0.15, 0.2) is 48.9 Å². The van der Waals surface area contributed by atoms with E-state index in [1.165, 1.54) is 17.5 Å². The number of benzene rings is 1. The molecule has 4 aromatic rings. The predicted molar refractivity (Wildman–Crippen MR) is 146 cm³/mol. The minimum atomic E-state index is -1.90. The summed E-state index contributed by atoms with van der Waals surface area (Å²) in [5.41, 5.74) is 6.44. The number of nitrogens with one attached hydrogen (secondary N) is 2. The molecule has 0 radical (unpaired) electrons. The molecule has 41 heavy (non-hydrogen) atoms. The summed E-state index contributed by atoms with van der Waals surface area (Å²) in [6.45, 7) is 3.09. The van der Waals surface area contributed by atoms with Gasteiger partial charge >= 0.3 is 0 Å². The zero-order valence-corrected chi connectivity index (χ0v) is 22.6. The highest BCUT2D eigenvalue weighted by atomic mass is 19.1. The van der Waals surface area contributed by atoms with Crippen LogP contribution in [0.5, 0.6) is 0 Å². The Labute approximate surface area is 234 Å². The Morgan fingerprint density at radius 1 is 1.15 bits per heavy atom. The number of amides is 1. The van der Waals surface area contributed by atoms with E-state index in [1.54, 1.807) is 24.7 Å². The van der Waals surface area contributed by atoms with Crippen molar-refractivity contribution >= 4 is 23.1 Å². The minimum Gasteiger partial charge on any atom is -0.374 e. The maximum atomic E-state index is 15.1. The van der Waals surface area contributed by atoms with Crippen molar-refractivity contribution in [2.75, 3.05) is 18.5 Å². The maximum absolute atomic E-state index is 15.1. The Morgan fingerprint density at radius 3 is 2.56 bits per heavy atom. The lowest BCUT2D eigenvalue weighted by Gasteiger charge is -2.39. The summed E-state index contributed by atoms with van der Waals surface area (Å²) >= 11 is 0. The van der Waals surface area contributed by atoms with Gasteiger partial charge < -0.3 is 21.1 Å². The van der Waals surface area contributed by atoms with Gasteiger partial charge in [0.2, 0.25) is 11.9 Å². The topological polar surface area (TPSA) is 119 Å². The van der Waals surface area contributed by atoms with Gasteiger partial charge in [-0.25, -0.2) is 18.2 Å². The van der Waals surface area contributed by atoms with E-state index in [1.807, 2.05) is 6.07 Å². The molecule has 1 saturated heterocycles. The number of halogens is 3. The van der Waals surface area contributed by atoms with Crippen molar-refractivity contribution in [3.63, 3.8) is 0 Å². The van der Waals surface area contributed by atoms with Gasteiger partial charge in [-0.2, -0.15) is 9.61 Å².